The predicted molar refractivity (Wildman–Crippen MR) is 82.6 cm³/mol. The van der Waals surface area contributed by atoms with Gasteiger partial charge in [0.1, 0.15) is 0 Å². The molecule has 0 saturated heterocycles. The van der Waals surface area contributed by atoms with Crippen LogP contribution < -0.4 is 5.32 Å². The Labute approximate surface area is 122 Å². The topological polar surface area (TPSA) is 29.9 Å². The summed E-state index contributed by atoms with van der Waals surface area (Å²) in [7, 11) is 0. The molecule has 1 unspecified atom stereocenters. The van der Waals surface area contributed by atoms with Gasteiger partial charge < -0.3 is 5.32 Å². The lowest BCUT2D eigenvalue weighted by Crippen LogP contribution is -2.24. The molecule has 1 aromatic carbocycles. The van der Waals surface area contributed by atoms with Crippen LogP contribution in [0.2, 0.25) is 0 Å². The second kappa shape index (κ2) is 6.33. The molecule has 0 radical (unpaired) electrons. The molecule has 0 aliphatic carbocycles. The number of nitrogens with one attached hydrogen (secondary N) is 1. The van der Waals surface area contributed by atoms with Crippen LogP contribution in [0.5, 0.6) is 0 Å². The molecule has 4 heteroatoms. The Hall–Kier alpha value is -0.880. The zero-order valence-corrected chi connectivity index (χ0v) is 12.9. The largest absolute Gasteiger partial charge is 0.305 e. The van der Waals surface area contributed by atoms with Gasteiger partial charge in [0.15, 0.2) is 0 Å². The van der Waals surface area contributed by atoms with Crippen LogP contribution in [0.25, 0.3) is 0 Å². The fourth-order valence-electron chi connectivity index (χ4n) is 2.10. The molecule has 0 spiro atoms. The summed E-state index contributed by atoms with van der Waals surface area (Å²) in [5.41, 5.74) is 2.51. The number of rotatable bonds is 5. The summed E-state index contributed by atoms with van der Waals surface area (Å²) in [6, 6.07) is 11.0. The molecular formula is C14H18IN3. The molecule has 1 atom stereocenters. The quantitative estimate of drug-likeness (QED) is 0.835. The Kier molecular flexibility index (Phi) is 4.77. The molecule has 0 fully saturated rings. The highest BCUT2D eigenvalue weighted by Gasteiger charge is 2.16. The van der Waals surface area contributed by atoms with E-state index in [1.807, 2.05) is 10.9 Å². The van der Waals surface area contributed by atoms with Crippen LogP contribution in [0.3, 0.4) is 0 Å². The van der Waals surface area contributed by atoms with Crippen LogP contribution in [-0.4, -0.2) is 16.3 Å². The van der Waals surface area contributed by atoms with Crippen molar-refractivity contribution in [2.45, 2.75) is 26.4 Å². The second-order valence-corrected chi connectivity index (χ2v) is 5.36. The summed E-state index contributed by atoms with van der Waals surface area (Å²) in [6.45, 7) is 6.08. The van der Waals surface area contributed by atoms with Crippen molar-refractivity contribution >= 4 is 22.6 Å². The van der Waals surface area contributed by atoms with Crippen LogP contribution >= 0.6 is 22.6 Å². The Balaban J connectivity index is 2.36. The van der Waals surface area contributed by atoms with Gasteiger partial charge in [0.05, 0.1) is 11.7 Å². The van der Waals surface area contributed by atoms with E-state index in [1.165, 1.54) is 14.8 Å². The normalized spacial score (nSPS) is 12.6. The van der Waals surface area contributed by atoms with Crippen LogP contribution in [0.15, 0.2) is 36.5 Å². The highest BCUT2D eigenvalue weighted by Crippen LogP contribution is 2.22. The predicted octanol–water partition coefficient (Wildman–Crippen LogP) is 3.21. The lowest BCUT2D eigenvalue weighted by molar-refractivity contribution is 0.542. The van der Waals surface area contributed by atoms with E-state index < -0.39 is 0 Å². The molecule has 3 nitrogen and oxygen atoms in total. The molecule has 0 aliphatic heterocycles. The zero-order chi connectivity index (χ0) is 13.0. The number of hydrogen-bond donors (Lipinski definition) is 1. The Morgan fingerprint density at radius 1 is 1.22 bits per heavy atom. The average molecular weight is 355 g/mol. The van der Waals surface area contributed by atoms with Crippen molar-refractivity contribution in [2.24, 2.45) is 0 Å². The van der Waals surface area contributed by atoms with Crippen molar-refractivity contribution in [1.29, 1.82) is 0 Å². The number of aromatic nitrogens is 2. The molecule has 0 amide bonds. The highest BCUT2D eigenvalue weighted by molar-refractivity contribution is 14.1. The van der Waals surface area contributed by atoms with Gasteiger partial charge in [0.25, 0.3) is 0 Å². The molecule has 0 aliphatic rings. The molecule has 2 rings (SSSR count). The van der Waals surface area contributed by atoms with E-state index in [4.69, 9.17) is 0 Å². The third-order valence-corrected chi connectivity index (χ3v) is 3.68. The summed E-state index contributed by atoms with van der Waals surface area (Å²) in [6.07, 6.45) is 1.87. The molecule has 18 heavy (non-hydrogen) atoms. The summed E-state index contributed by atoms with van der Waals surface area (Å²) < 4.78 is 3.31. The minimum atomic E-state index is 0.217. The van der Waals surface area contributed by atoms with E-state index >= 15 is 0 Å². The first-order valence-electron chi connectivity index (χ1n) is 6.26. The number of benzene rings is 1. The summed E-state index contributed by atoms with van der Waals surface area (Å²) in [5.74, 6) is 0. The molecular weight excluding hydrogens is 337 g/mol. The zero-order valence-electron chi connectivity index (χ0n) is 10.7. The molecule has 96 valence electrons. The van der Waals surface area contributed by atoms with Crippen molar-refractivity contribution in [3.05, 3.63) is 51.4 Å². The number of aryl methyl sites for hydroxylation is 1. The van der Waals surface area contributed by atoms with Crippen LogP contribution in [0.4, 0.5) is 0 Å². The molecule has 1 heterocycles. The first kappa shape index (κ1) is 13.5. The highest BCUT2D eigenvalue weighted by atomic mass is 127. The van der Waals surface area contributed by atoms with E-state index in [-0.39, 0.29) is 6.04 Å². The first-order valence-corrected chi connectivity index (χ1v) is 7.34. The van der Waals surface area contributed by atoms with Crippen LogP contribution in [-0.2, 0) is 6.54 Å². The lowest BCUT2D eigenvalue weighted by Gasteiger charge is -2.19. The van der Waals surface area contributed by atoms with Crippen molar-refractivity contribution in [2.75, 3.05) is 6.54 Å². The molecule has 2 aromatic rings. The third kappa shape index (κ3) is 2.92. The van der Waals surface area contributed by atoms with Crippen molar-refractivity contribution in [3.8, 4) is 0 Å². The molecule has 0 bridgehead atoms. The summed E-state index contributed by atoms with van der Waals surface area (Å²) in [5, 5.41) is 7.89. The summed E-state index contributed by atoms with van der Waals surface area (Å²) in [4.78, 5) is 0. The van der Waals surface area contributed by atoms with Gasteiger partial charge in [0.2, 0.25) is 0 Å². The SMILES string of the molecule is CCNC(c1ccc(I)cc1)c1ccnn1CC. The number of hydrogen-bond acceptors (Lipinski definition) is 2. The van der Waals surface area contributed by atoms with Gasteiger partial charge in [-0.15, -0.1) is 0 Å². The first-order chi connectivity index (χ1) is 8.76. The van der Waals surface area contributed by atoms with E-state index in [1.54, 1.807) is 0 Å². The standard InChI is InChI=1S/C14H18IN3/c1-3-16-14(11-5-7-12(15)8-6-11)13-9-10-17-18(13)4-2/h5-10,14,16H,3-4H2,1-2H3. The summed E-state index contributed by atoms with van der Waals surface area (Å²) >= 11 is 2.33. The maximum absolute atomic E-state index is 4.36. The third-order valence-electron chi connectivity index (χ3n) is 2.96. The average Bonchev–Trinajstić information content (AvgIpc) is 2.85. The Bertz CT molecular complexity index is 490. The van der Waals surface area contributed by atoms with E-state index in [9.17, 15) is 0 Å². The molecule has 1 aromatic heterocycles. The fourth-order valence-corrected chi connectivity index (χ4v) is 2.46. The maximum atomic E-state index is 4.36. The Morgan fingerprint density at radius 3 is 2.56 bits per heavy atom. The number of halogens is 1. The van der Waals surface area contributed by atoms with Crippen molar-refractivity contribution in [3.63, 3.8) is 0 Å². The Morgan fingerprint density at radius 2 is 1.94 bits per heavy atom. The van der Waals surface area contributed by atoms with Gasteiger partial charge in [-0.25, -0.2) is 0 Å². The van der Waals surface area contributed by atoms with Gasteiger partial charge in [0, 0.05) is 16.3 Å². The molecule has 0 saturated carbocycles. The van der Waals surface area contributed by atoms with E-state index in [0.717, 1.165) is 13.1 Å². The molecule has 1 N–H and O–H groups in total. The van der Waals surface area contributed by atoms with E-state index in [2.05, 4.69) is 77.2 Å². The van der Waals surface area contributed by atoms with Gasteiger partial charge in [-0.05, 0) is 59.8 Å². The fraction of sp³-hybridized carbons (Fsp3) is 0.357. The smallest absolute Gasteiger partial charge is 0.0748 e. The number of nitrogens with zero attached hydrogens (tertiary/aromatic N) is 2. The van der Waals surface area contributed by atoms with Gasteiger partial charge in [-0.1, -0.05) is 19.1 Å². The van der Waals surface area contributed by atoms with Gasteiger partial charge in [-0.2, -0.15) is 5.10 Å². The van der Waals surface area contributed by atoms with Gasteiger partial charge in [-0.3, -0.25) is 4.68 Å². The monoisotopic (exact) mass is 355 g/mol. The minimum absolute atomic E-state index is 0.217. The second-order valence-electron chi connectivity index (χ2n) is 4.11. The van der Waals surface area contributed by atoms with Crippen LogP contribution in [0.1, 0.15) is 31.1 Å². The maximum Gasteiger partial charge on any atom is 0.0748 e. The minimum Gasteiger partial charge on any atom is -0.305 e. The van der Waals surface area contributed by atoms with E-state index in [0.29, 0.717) is 0 Å². The van der Waals surface area contributed by atoms with Crippen molar-refractivity contribution < 1.29 is 0 Å². The van der Waals surface area contributed by atoms with Crippen LogP contribution in [0, 0.1) is 3.57 Å². The lowest BCUT2D eigenvalue weighted by atomic mass is 10.0. The van der Waals surface area contributed by atoms with Gasteiger partial charge >= 0.3 is 0 Å². The van der Waals surface area contributed by atoms with Crippen molar-refractivity contribution in [1.82, 2.24) is 15.1 Å².